The van der Waals surface area contributed by atoms with Crippen LogP contribution in [0.5, 0.6) is 0 Å². The Bertz CT molecular complexity index is 553. The Morgan fingerprint density at radius 2 is 1.95 bits per heavy atom. The Morgan fingerprint density at radius 3 is 2.50 bits per heavy atom. The molecule has 0 saturated carbocycles. The van der Waals surface area contributed by atoms with Crippen LogP contribution in [0.1, 0.15) is 36.5 Å². The summed E-state index contributed by atoms with van der Waals surface area (Å²) in [6.45, 7) is 4.19. The summed E-state index contributed by atoms with van der Waals surface area (Å²) < 4.78 is 0. The van der Waals surface area contributed by atoms with E-state index >= 15 is 0 Å². The quantitative estimate of drug-likeness (QED) is 0.791. The van der Waals surface area contributed by atoms with Crippen molar-refractivity contribution in [2.75, 3.05) is 5.32 Å². The van der Waals surface area contributed by atoms with Crippen molar-refractivity contribution < 1.29 is 4.79 Å². The number of nitrogens with two attached hydrogens (primary N) is 1. The van der Waals surface area contributed by atoms with Crippen LogP contribution in [0.3, 0.4) is 0 Å². The van der Waals surface area contributed by atoms with E-state index in [1.807, 2.05) is 35.8 Å². The molecule has 6 heteroatoms. The van der Waals surface area contributed by atoms with Gasteiger partial charge >= 0.3 is 6.03 Å². The van der Waals surface area contributed by atoms with Crippen molar-refractivity contribution in [3.8, 4) is 0 Å². The van der Waals surface area contributed by atoms with E-state index in [0.717, 1.165) is 10.6 Å². The number of anilines is 1. The van der Waals surface area contributed by atoms with Crippen LogP contribution in [0.4, 0.5) is 10.5 Å². The number of primary amides is 1. The van der Waals surface area contributed by atoms with Gasteiger partial charge in [-0.1, -0.05) is 12.1 Å². The Morgan fingerprint density at radius 1 is 1.25 bits per heavy atom. The molecular weight excluding hydrogens is 272 g/mol. The molecule has 2 amide bonds. The molecule has 2 rings (SSSR count). The van der Waals surface area contributed by atoms with E-state index < -0.39 is 6.03 Å². The van der Waals surface area contributed by atoms with Crippen molar-refractivity contribution >= 4 is 23.1 Å². The van der Waals surface area contributed by atoms with Crippen LogP contribution in [-0.4, -0.2) is 11.0 Å². The first-order chi connectivity index (χ1) is 9.56. The van der Waals surface area contributed by atoms with Gasteiger partial charge in [0.2, 0.25) is 0 Å². The normalized spacial score (nSPS) is 13.7. The minimum absolute atomic E-state index is 0.191. The number of amides is 2. The number of hydrogen-bond acceptors (Lipinski definition) is 4. The third kappa shape index (κ3) is 3.79. The molecule has 0 saturated heterocycles. The summed E-state index contributed by atoms with van der Waals surface area (Å²) in [5, 5.41) is 9.09. The number of nitrogens with one attached hydrogen (secondary N) is 2. The highest BCUT2D eigenvalue weighted by Gasteiger charge is 2.12. The van der Waals surface area contributed by atoms with Crippen LogP contribution in [0.2, 0.25) is 0 Å². The number of urea groups is 1. The number of nitrogens with zero attached hydrogens (tertiary/aromatic N) is 1. The van der Waals surface area contributed by atoms with Crippen LogP contribution < -0.4 is 16.4 Å². The highest BCUT2D eigenvalue weighted by Crippen LogP contribution is 2.21. The fourth-order valence-electron chi connectivity index (χ4n) is 1.99. The predicted molar refractivity (Wildman–Crippen MR) is 81.7 cm³/mol. The molecular formula is C14H18N4OS. The second kappa shape index (κ2) is 6.49. The summed E-state index contributed by atoms with van der Waals surface area (Å²) in [4.78, 5) is 15.1. The number of carbonyl (C=O) groups is 1. The van der Waals surface area contributed by atoms with E-state index in [0.29, 0.717) is 5.69 Å². The molecule has 106 valence electrons. The van der Waals surface area contributed by atoms with Crippen molar-refractivity contribution in [1.82, 2.24) is 10.3 Å². The molecule has 0 aliphatic rings. The molecule has 5 nitrogen and oxygen atoms in total. The van der Waals surface area contributed by atoms with E-state index in [2.05, 4.69) is 29.5 Å². The van der Waals surface area contributed by atoms with Gasteiger partial charge in [0.15, 0.2) is 0 Å². The lowest BCUT2D eigenvalue weighted by Gasteiger charge is -2.19. The summed E-state index contributed by atoms with van der Waals surface area (Å²) >= 11 is 1.64. The molecule has 1 heterocycles. The fraction of sp³-hybridized carbons (Fsp3) is 0.286. The molecule has 0 bridgehead atoms. The third-order valence-corrected chi connectivity index (χ3v) is 3.96. The SMILES string of the molecule is CC(NC(C)c1nccs1)c1ccc(NC(N)=O)cc1. The van der Waals surface area contributed by atoms with Crippen LogP contribution in [0, 0.1) is 0 Å². The molecule has 4 N–H and O–H groups in total. The fourth-order valence-corrected chi connectivity index (χ4v) is 2.64. The van der Waals surface area contributed by atoms with E-state index in [9.17, 15) is 4.79 Å². The highest BCUT2D eigenvalue weighted by molar-refractivity contribution is 7.09. The summed E-state index contributed by atoms with van der Waals surface area (Å²) in [5.74, 6) is 0. The highest BCUT2D eigenvalue weighted by atomic mass is 32.1. The zero-order valence-electron chi connectivity index (χ0n) is 11.5. The van der Waals surface area contributed by atoms with Gasteiger partial charge in [0.25, 0.3) is 0 Å². The van der Waals surface area contributed by atoms with Crippen molar-refractivity contribution in [3.05, 3.63) is 46.4 Å². The maximum atomic E-state index is 10.8. The number of thiazole rings is 1. The standard InChI is InChI=1S/C14H18N4OS/c1-9(17-10(2)13-16-7-8-20-13)11-3-5-12(6-4-11)18-14(15)19/h3-10,17H,1-2H3,(H3,15,18,19). The first kappa shape index (κ1) is 14.5. The maximum Gasteiger partial charge on any atom is 0.316 e. The minimum atomic E-state index is -0.554. The van der Waals surface area contributed by atoms with Gasteiger partial charge in [-0.25, -0.2) is 9.78 Å². The summed E-state index contributed by atoms with van der Waals surface area (Å²) in [5.41, 5.74) is 6.91. The van der Waals surface area contributed by atoms with Gasteiger partial charge in [-0.3, -0.25) is 0 Å². The van der Waals surface area contributed by atoms with Gasteiger partial charge in [-0.05, 0) is 31.5 Å². The smallest absolute Gasteiger partial charge is 0.316 e. The minimum Gasteiger partial charge on any atom is -0.351 e. The molecule has 0 spiro atoms. The number of rotatable bonds is 5. The van der Waals surface area contributed by atoms with Crippen LogP contribution in [0.25, 0.3) is 0 Å². The molecule has 1 aromatic heterocycles. The Kier molecular flexibility index (Phi) is 4.70. The van der Waals surface area contributed by atoms with Gasteiger partial charge in [0, 0.05) is 23.3 Å². The van der Waals surface area contributed by atoms with Crippen LogP contribution >= 0.6 is 11.3 Å². The van der Waals surface area contributed by atoms with Gasteiger partial charge in [0.05, 0.1) is 6.04 Å². The van der Waals surface area contributed by atoms with E-state index in [4.69, 9.17) is 5.73 Å². The summed E-state index contributed by atoms with van der Waals surface area (Å²) in [6, 6.07) is 7.46. The second-order valence-electron chi connectivity index (χ2n) is 4.59. The van der Waals surface area contributed by atoms with Crippen molar-refractivity contribution in [2.24, 2.45) is 5.73 Å². The average molecular weight is 290 g/mol. The van der Waals surface area contributed by atoms with Gasteiger partial charge < -0.3 is 16.4 Å². The molecule has 2 aromatic rings. The monoisotopic (exact) mass is 290 g/mol. The molecule has 0 fully saturated rings. The molecule has 0 aliphatic carbocycles. The van der Waals surface area contributed by atoms with Gasteiger partial charge in [0.1, 0.15) is 5.01 Å². The summed E-state index contributed by atoms with van der Waals surface area (Å²) in [7, 11) is 0. The van der Waals surface area contributed by atoms with Gasteiger partial charge in [-0.2, -0.15) is 0 Å². The van der Waals surface area contributed by atoms with Crippen molar-refractivity contribution in [2.45, 2.75) is 25.9 Å². The Balaban J connectivity index is 1.98. The van der Waals surface area contributed by atoms with Crippen LogP contribution in [-0.2, 0) is 0 Å². The average Bonchev–Trinajstić information content (AvgIpc) is 2.92. The molecule has 0 aliphatic heterocycles. The number of benzene rings is 1. The van der Waals surface area contributed by atoms with Crippen molar-refractivity contribution in [3.63, 3.8) is 0 Å². The van der Waals surface area contributed by atoms with Crippen LogP contribution in [0.15, 0.2) is 35.8 Å². The second-order valence-corrected chi connectivity index (χ2v) is 5.52. The van der Waals surface area contributed by atoms with E-state index in [1.54, 1.807) is 11.3 Å². The predicted octanol–water partition coefficient (Wildman–Crippen LogP) is 3.05. The number of hydrogen-bond donors (Lipinski definition) is 3. The third-order valence-electron chi connectivity index (χ3n) is 3.00. The Hall–Kier alpha value is -1.92. The maximum absolute atomic E-state index is 10.8. The first-order valence-corrected chi connectivity index (χ1v) is 7.26. The molecule has 1 aromatic carbocycles. The largest absolute Gasteiger partial charge is 0.351 e. The lowest BCUT2D eigenvalue weighted by atomic mass is 10.1. The zero-order valence-corrected chi connectivity index (χ0v) is 12.3. The number of aromatic nitrogens is 1. The molecule has 0 radical (unpaired) electrons. The number of carbonyl (C=O) groups excluding carboxylic acids is 1. The lowest BCUT2D eigenvalue weighted by Crippen LogP contribution is -2.22. The molecule has 2 unspecified atom stereocenters. The molecule has 20 heavy (non-hydrogen) atoms. The lowest BCUT2D eigenvalue weighted by molar-refractivity contribution is 0.259. The Labute approximate surface area is 122 Å². The first-order valence-electron chi connectivity index (χ1n) is 6.38. The van der Waals surface area contributed by atoms with Gasteiger partial charge in [-0.15, -0.1) is 11.3 Å². The molecule has 2 atom stereocenters. The zero-order chi connectivity index (χ0) is 14.5. The topological polar surface area (TPSA) is 80.0 Å². The summed E-state index contributed by atoms with van der Waals surface area (Å²) in [6.07, 6.45) is 1.81. The van der Waals surface area contributed by atoms with Crippen molar-refractivity contribution in [1.29, 1.82) is 0 Å². The van der Waals surface area contributed by atoms with E-state index in [-0.39, 0.29) is 12.1 Å². The van der Waals surface area contributed by atoms with E-state index in [1.165, 1.54) is 0 Å².